The molecular weight excluding hydrogens is 438 g/mol. The molecule has 0 spiro atoms. The average molecular weight is 472 g/mol. The summed E-state index contributed by atoms with van der Waals surface area (Å²) in [7, 11) is 0. The average Bonchev–Trinajstić information content (AvgIpc) is 3.18. The number of carbonyl (C=O) groups is 1. The van der Waals surface area contributed by atoms with Crippen LogP contribution in [0.25, 0.3) is 21.3 Å². The van der Waals surface area contributed by atoms with Crippen molar-refractivity contribution < 1.29 is 14.3 Å². The summed E-state index contributed by atoms with van der Waals surface area (Å²) in [5.41, 5.74) is 8.20. The molecule has 2 aromatic heterocycles. The highest BCUT2D eigenvalue weighted by molar-refractivity contribution is 7.17. The highest BCUT2D eigenvalue weighted by Crippen LogP contribution is 2.34. The van der Waals surface area contributed by atoms with Crippen molar-refractivity contribution in [2.45, 2.75) is 60.5 Å². The zero-order valence-electron chi connectivity index (χ0n) is 20.1. The van der Waals surface area contributed by atoms with Gasteiger partial charge in [-0.15, -0.1) is 11.3 Å². The maximum absolute atomic E-state index is 13.4. The molecule has 0 aliphatic carbocycles. The Morgan fingerprint density at radius 3 is 2.64 bits per heavy atom. The van der Waals surface area contributed by atoms with Gasteiger partial charge in [-0.25, -0.2) is 9.78 Å². The van der Waals surface area contributed by atoms with Crippen LogP contribution in [0.3, 0.4) is 0 Å². The van der Waals surface area contributed by atoms with Crippen molar-refractivity contribution in [3.63, 3.8) is 0 Å². The van der Waals surface area contributed by atoms with Crippen LogP contribution in [0.2, 0.25) is 0 Å². The van der Waals surface area contributed by atoms with Crippen LogP contribution < -0.4 is 16.0 Å². The third-order valence-corrected chi connectivity index (χ3v) is 6.50. The molecule has 0 amide bonds. The summed E-state index contributed by atoms with van der Waals surface area (Å²) in [5.74, 6) is 0.569. The monoisotopic (exact) mass is 471 g/mol. The highest BCUT2D eigenvalue weighted by Gasteiger charge is 2.21. The van der Waals surface area contributed by atoms with Gasteiger partial charge in [-0.05, 0) is 38.3 Å². The van der Waals surface area contributed by atoms with Gasteiger partial charge in [-0.2, -0.15) is 0 Å². The SMILES string of the molecule is CCCCOc1c(CN)n(CC(C)C)c(=O)c2ccc(-c3nc(C)c(C(=O)OCC)s3)cc12. The van der Waals surface area contributed by atoms with Gasteiger partial charge < -0.3 is 19.8 Å². The molecule has 0 aliphatic rings. The number of nitrogens with two attached hydrogens (primary N) is 1. The van der Waals surface area contributed by atoms with Crippen LogP contribution in [-0.4, -0.2) is 28.7 Å². The first kappa shape index (κ1) is 24.9. The molecule has 3 aromatic rings. The molecule has 0 saturated heterocycles. The van der Waals surface area contributed by atoms with Gasteiger partial charge in [0.2, 0.25) is 0 Å². The molecule has 2 N–H and O–H groups in total. The Morgan fingerprint density at radius 1 is 1.24 bits per heavy atom. The number of pyridine rings is 1. The lowest BCUT2D eigenvalue weighted by atomic mass is 10.1. The molecule has 178 valence electrons. The maximum Gasteiger partial charge on any atom is 0.350 e. The molecule has 1 aromatic carbocycles. The van der Waals surface area contributed by atoms with Crippen LogP contribution in [0.5, 0.6) is 5.75 Å². The van der Waals surface area contributed by atoms with Crippen LogP contribution >= 0.6 is 11.3 Å². The number of thiazole rings is 1. The number of carbonyl (C=O) groups excluding carboxylic acids is 1. The number of nitrogens with zero attached hydrogens (tertiary/aromatic N) is 2. The van der Waals surface area contributed by atoms with Gasteiger partial charge in [-0.1, -0.05) is 33.3 Å². The fraction of sp³-hybridized carbons (Fsp3) is 0.480. The summed E-state index contributed by atoms with van der Waals surface area (Å²) in [6, 6.07) is 5.61. The second-order valence-electron chi connectivity index (χ2n) is 8.41. The Balaban J connectivity index is 2.20. The summed E-state index contributed by atoms with van der Waals surface area (Å²) >= 11 is 1.29. The van der Waals surface area contributed by atoms with E-state index in [9.17, 15) is 9.59 Å². The number of unbranched alkanes of at least 4 members (excludes halogenated alkanes) is 1. The molecule has 7 nitrogen and oxygen atoms in total. The maximum atomic E-state index is 13.4. The highest BCUT2D eigenvalue weighted by atomic mass is 32.1. The van der Waals surface area contributed by atoms with Crippen LogP contribution in [0.15, 0.2) is 23.0 Å². The van der Waals surface area contributed by atoms with E-state index < -0.39 is 0 Å². The van der Waals surface area contributed by atoms with Crippen molar-refractivity contribution in [1.82, 2.24) is 9.55 Å². The minimum Gasteiger partial charge on any atom is -0.491 e. The summed E-state index contributed by atoms with van der Waals surface area (Å²) in [6.07, 6.45) is 1.91. The van der Waals surface area contributed by atoms with Crippen molar-refractivity contribution in [2.75, 3.05) is 13.2 Å². The Hall–Kier alpha value is -2.71. The predicted molar refractivity (Wildman–Crippen MR) is 133 cm³/mol. The second-order valence-corrected chi connectivity index (χ2v) is 9.41. The molecule has 0 atom stereocenters. The summed E-state index contributed by atoms with van der Waals surface area (Å²) in [4.78, 5) is 30.7. The zero-order valence-corrected chi connectivity index (χ0v) is 20.9. The third-order valence-electron chi connectivity index (χ3n) is 5.32. The quantitative estimate of drug-likeness (QED) is 0.334. The van der Waals surface area contributed by atoms with E-state index in [-0.39, 0.29) is 24.0 Å². The van der Waals surface area contributed by atoms with E-state index in [0.29, 0.717) is 52.2 Å². The van der Waals surface area contributed by atoms with E-state index >= 15 is 0 Å². The minimum absolute atomic E-state index is 0.0731. The van der Waals surface area contributed by atoms with Crippen LogP contribution in [0.4, 0.5) is 0 Å². The van der Waals surface area contributed by atoms with Gasteiger partial charge >= 0.3 is 5.97 Å². The van der Waals surface area contributed by atoms with Crippen molar-refractivity contribution in [3.05, 3.63) is 44.8 Å². The lowest BCUT2D eigenvalue weighted by Crippen LogP contribution is -2.28. The number of aryl methyl sites for hydroxylation is 1. The van der Waals surface area contributed by atoms with E-state index in [1.807, 2.05) is 18.2 Å². The topological polar surface area (TPSA) is 96.4 Å². The minimum atomic E-state index is -0.370. The van der Waals surface area contributed by atoms with Gasteiger partial charge in [-0.3, -0.25) is 4.79 Å². The lowest BCUT2D eigenvalue weighted by Gasteiger charge is -2.20. The standard InChI is InChI=1S/C25H33N3O4S/c1-6-8-11-32-21-19-12-17(23-27-16(5)22(33-23)25(30)31-7-2)9-10-18(19)24(29)28(14-15(3)4)20(21)13-26/h9-10,12,15H,6-8,11,13-14,26H2,1-5H3. The normalized spacial score (nSPS) is 11.4. The van der Waals surface area contributed by atoms with E-state index in [1.54, 1.807) is 18.4 Å². The predicted octanol–water partition coefficient (Wildman–Crippen LogP) is 4.90. The molecule has 0 radical (unpaired) electrons. The first-order chi connectivity index (χ1) is 15.8. The second kappa shape index (κ2) is 10.9. The molecule has 0 fully saturated rings. The van der Waals surface area contributed by atoms with Gasteiger partial charge in [0.25, 0.3) is 5.56 Å². The molecule has 0 aliphatic heterocycles. The Kier molecular flexibility index (Phi) is 8.26. The van der Waals surface area contributed by atoms with Crippen molar-refractivity contribution >= 4 is 28.1 Å². The van der Waals surface area contributed by atoms with Gasteiger partial charge in [0.15, 0.2) is 0 Å². The van der Waals surface area contributed by atoms with Gasteiger partial charge in [0, 0.05) is 24.0 Å². The van der Waals surface area contributed by atoms with Crippen molar-refractivity contribution in [2.24, 2.45) is 11.7 Å². The fourth-order valence-corrected chi connectivity index (χ4v) is 4.70. The van der Waals surface area contributed by atoms with E-state index in [0.717, 1.165) is 23.8 Å². The molecular formula is C25H33N3O4S. The Bertz CT molecular complexity index is 1200. The number of aromatic nitrogens is 2. The number of esters is 1. The van der Waals surface area contributed by atoms with Crippen molar-refractivity contribution in [1.29, 1.82) is 0 Å². The lowest BCUT2D eigenvalue weighted by molar-refractivity contribution is 0.0531. The molecule has 0 bridgehead atoms. The molecule has 8 heteroatoms. The fourth-order valence-electron chi connectivity index (χ4n) is 3.74. The number of rotatable bonds is 10. The zero-order chi connectivity index (χ0) is 24.1. The molecule has 0 unspecified atom stereocenters. The van der Waals surface area contributed by atoms with Crippen LogP contribution in [0, 0.1) is 12.8 Å². The molecule has 3 rings (SSSR count). The number of hydrogen-bond donors (Lipinski definition) is 1. The number of fused-ring (bicyclic) bond motifs is 1. The molecule has 0 saturated carbocycles. The summed E-state index contributed by atoms with van der Waals surface area (Å²) < 4.78 is 13.1. The Morgan fingerprint density at radius 2 is 2.00 bits per heavy atom. The Labute approximate surface area is 198 Å². The number of benzene rings is 1. The summed E-state index contributed by atoms with van der Waals surface area (Å²) in [5, 5.41) is 2.00. The number of ether oxygens (including phenoxy) is 2. The van der Waals surface area contributed by atoms with Gasteiger partial charge in [0.1, 0.15) is 15.6 Å². The third kappa shape index (κ3) is 5.28. The smallest absolute Gasteiger partial charge is 0.350 e. The molecule has 2 heterocycles. The number of hydrogen-bond acceptors (Lipinski definition) is 7. The summed E-state index contributed by atoms with van der Waals surface area (Å²) in [6.45, 7) is 11.5. The van der Waals surface area contributed by atoms with Crippen LogP contribution in [0.1, 0.15) is 61.6 Å². The van der Waals surface area contributed by atoms with Crippen molar-refractivity contribution in [3.8, 4) is 16.3 Å². The molecule has 33 heavy (non-hydrogen) atoms. The van der Waals surface area contributed by atoms with E-state index in [1.165, 1.54) is 11.3 Å². The van der Waals surface area contributed by atoms with Crippen LogP contribution in [-0.2, 0) is 17.8 Å². The first-order valence-corrected chi connectivity index (χ1v) is 12.3. The van der Waals surface area contributed by atoms with E-state index in [4.69, 9.17) is 15.2 Å². The first-order valence-electron chi connectivity index (χ1n) is 11.5. The van der Waals surface area contributed by atoms with Gasteiger partial charge in [0.05, 0.1) is 30.0 Å². The van der Waals surface area contributed by atoms with E-state index in [2.05, 4.69) is 25.8 Å². The largest absolute Gasteiger partial charge is 0.491 e.